The van der Waals surface area contributed by atoms with Crippen molar-refractivity contribution in [3.05, 3.63) is 29.8 Å². The average Bonchev–Trinajstić information content (AvgIpc) is 2.88. The zero-order valence-electron chi connectivity index (χ0n) is 9.78. The maximum absolute atomic E-state index is 12.4. The lowest BCUT2D eigenvalue weighted by Gasteiger charge is -2.22. The molecule has 0 amide bonds. The summed E-state index contributed by atoms with van der Waals surface area (Å²) in [5.41, 5.74) is 0.316. The van der Waals surface area contributed by atoms with Gasteiger partial charge >= 0.3 is 0 Å². The van der Waals surface area contributed by atoms with Crippen molar-refractivity contribution in [3.8, 4) is 6.07 Å². The first-order valence-electron chi connectivity index (χ1n) is 5.72. The van der Waals surface area contributed by atoms with Crippen LogP contribution in [-0.4, -0.2) is 37.0 Å². The summed E-state index contributed by atoms with van der Waals surface area (Å²) in [6.07, 6.45) is 1.43. The summed E-state index contributed by atoms with van der Waals surface area (Å²) in [4.78, 5) is 0.113. The van der Waals surface area contributed by atoms with Gasteiger partial charge in [0.1, 0.15) is 0 Å². The minimum Gasteiger partial charge on any atom is -0.395 e. The zero-order valence-corrected chi connectivity index (χ0v) is 10.6. The molecule has 6 heteroatoms. The molecule has 1 heterocycles. The number of benzene rings is 1. The molecule has 1 aliphatic heterocycles. The number of hydrogen-bond donors (Lipinski definition) is 1. The normalized spacial score (nSPS) is 20.8. The Bertz CT molecular complexity index is 577. The van der Waals surface area contributed by atoms with Gasteiger partial charge in [-0.3, -0.25) is 0 Å². The largest absolute Gasteiger partial charge is 0.395 e. The van der Waals surface area contributed by atoms with Crippen molar-refractivity contribution < 1.29 is 13.5 Å². The monoisotopic (exact) mass is 266 g/mol. The van der Waals surface area contributed by atoms with Crippen LogP contribution in [0.5, 0.6) is 0 Å². The highest BCUT2D eigenvalue weighted by Gasteiger charge is 2.34. The summed E-state index contributed by atoms with van der Waals surface area (Å²) in [7, 11) is -3.61. The smallest absolute Gasteiger partial charge is 0.243 e. The van der Waals surface area contributed by atoms with Crippen LogP contribution < -0.4 is 0 Å². The quantitative estimate of drug-likeness (QED) is 0.873. The standard InChI is InChI=1S/C12H14N2O3S/c13-8-10-3-1-5-12(7-10)18(16,17)14-6-2-4-11(14)9-15/h1,3,5,7,11,15H,2,4,6,9H2. The van der Waals surface area contributed by atoms with Crippen LogP contribution >= 0.6 is 0 Å². The molecular formula is C12H14N2O3S. The number of nitriles is 1. The summed E-state index contributed by atoms with van der Waals surface area (Å²) in [6, 6.07) is 7.53. The molecular weight excluding hydrogens is 252 g/mol. The molecule has 1 aromatic rings. The topological polar surface area (TPSA) is 81.4 Å². The van der Waals surface area contributed by atoms with Crippen LogP contribution in [0.2, 0.25) is 0 Å². The Balaban J connectivity index is 2.39. The first-order chi connectivity index (χ1) is 8.59. The summed E-state index contributed by atoms with van der Waals surface area (Å²) in [6.45, 7) is 0.251. The SMILES string of the molecule is N#Cc1cccc(S(=O)(=O)N2CCCC2CO)c1. The summed E-state index contributed by atoms with van der Waals surface area (Å²) in [5.74, 6) is 0. The van der Waals surface area contributed by atoms with Gasteiger partial charge in [-0.1, -0.05) is 6.07 Å². The predicted octanol–water partition coefficient (Wildman–Crippen LogP) is 0.704. The third-order valence-electron chi connectivity index (χ3n) is 3.10. The van der Waals surface area contributed by atoms with Gasteiger partial charge in [0.2, 0.25) is 10.0 Å². The molecule has 5 nitrogen and oxygen atoms in total. The van der Waals surface area contributed by atoms with Crippen molar-refractivity contribution in [2.24, 2.45) is 0 Å². The van der Waals surface area contributed by atoms with E-state index in [1.807, 2.05) is 6.07 Å². The van der Waals surface area contributed by atoms with Gasteiger partial charge < -0.3 is 5.11 Å². The van der Waals surface area contributed by atoms with Crippen molar-refractivity contribution in [1.29, 1.82) is 5.26 Å². The molecule has 0 spiro atoms. The molecule has 0 radical (unpaired) electrons. The third kappa shape index (κ3) is 2.25. The van der Waals surface area contributed by atoms with Crippen LogP contribution in [0.15, 0.2) is 29.2 Å². The Morgan fingerprint density at radius 1 is 1.50 bits per heavy atom. The molecule has 1 N–H and O–H groups in total. The van der Waals surface area contributed by atoms with E-state index in [0.29, 0.717) is 18.5 Å². The lowest BCUT2D eigenvalue weighted by atomic mass is 10.2. The van der Waals surface area contributed by atoms with Crippen LogP contribution in [0.25, 0.3) is 0 Å². The molecule has 96 valence electrons. The van der Waals surface area contributed by atoms with Crippen LogP contribution in [-0.2, 0) is 10.0 Å². The van der Waals surface area contributed by atoms with E-state index in [4.69, 9.17) is 5.26 Å². The van der Waals surface area contributed by atoms with Crippen molar-refractivity contribution in [1.82, 2.24) is 4.31 Å². The van der Waals surface area contributed by atoms with Crippen molar-refractivity contribution in [3.63, 3.8) is 0 Å². The maximum atomic E-state index is 12.4. The Morgan fingerprint density at radius 3 is 2.94 bits per heavy atom. The number of sulfonamides is 1. The maximum Gasteiger partial charge on any atom is 0.243 e. The fourth-order valence-electron chi connectivity index (χ4n) is 2.17. The molecule has 1 atom stereocenters. The first-order valence-corrected chi connectivity index (χ1v) is 7.16. The number of nitrogens with zero attached hydrogens (tertiary/aromatic N) is 2. The van der Waals surface area contributed by atoms with Gasteiger partial charge in [-0.05, 0) is 31.0 Å². The second kappa shape index (κ2) is 5.06. The average molecular weight is 266 g/mol. The van der Waals surface area contributed by atoms with Crippen LogP contribution in [0.4, 0.5) is 0 Å². The summed E-state index contributed by atoms with van der Waals surface area (Å²) >= 11 is 0. The number of aliphatic hydroxyl groups excluding tert-OH is 1. The van der Waals surface area contributed by atoms with E-state index in [9.17, 15) is 13.5 Å². The lowest BCUT2D eigenvalue weighted by Crippen LogP contribution is -2.37. The van der Waals surface area contributed by atoms with E-state index in [1.54, 1.807) is 12.1 Å². The van der Waals surface area contributed by atoms with E-state index >= 15 is 0 Å². The second-order valence-corrected chi connectivity index (χ2v) is 6.12. The molecule has 1 saturated heterocycles. The van der Waals surface area contributed by atoms with Crippen molar-refractivity contribution in [2.45, 2.75) is 23.8 Å². The molecule has 1 aromatic carbocycles. The number of rotatable bonds is 3. The molecule has 0 saturated carbocycles. The molecule has 1 fully saturated rings. The summed E-state index contributed by atoms with van der Waals surface area (Å²) < 4.78 is 26.1. The van der Waals surface area contributed by atoms with Crippen LogP contribution in [0.1, 0.15) is 18.4 Å². The van der Waals surface area contributed by atoms with E-state index in [0.717, 1.165) is 6.42 Å². The van der Waals surface area contributed by atoms with Gasteiger partial charge in [0.25, 0.3) is 0 Å². The van der Waals surface area contributed by atoms with Crippen LogP contribution in [0.3, 0.4) is 0 Å². The number of hydrogen-bond acceptors (Lipinski definition) is 4. The summed E-state index contributed by atoms with van der Waals surface area (Å²) in [5, 5.41) is 18.0. The van der Waals surface area contributed by atoms with Gasteiger partial charge in [0.15, 0.2) is 0 Å². The Labute approximate surface area is 106 Å². The molecule has 0 aliphatic carbocycles. The van der Waals surface area contributed by atoms with E-state index in [2.05, 4.69) is 0 Å². The Morgan fingerprint density at radius 2 is 2.28 bits per heavy atom. The fraction of sp³-hybridized carbons (Fsp3) is 0.417. The third-order valence-corrected chi connectivity index (χ3v) is 5.05. The van der Waals surface area contributed by atoms with Gasteiger partial charge in [-0.15, -0.1) is 0 Å². The van der Waals surface area contributed by atoms with Gasteiger partial charge in [0, 0.05) is 12.6 Å². The Kier molecular flexibility index (Phi) is 3.66. The highest BCUT2D eigenvalue weighted by Crippen LogP contribution is 2.26. The molecule has 18 heavy (non-hydrogen) atoms. The minimum atomic E-state index is -3.61. The van der Waals surface area contributed by atoms with Crippen molar-refractivity contribution in [2.75, 3.05) is 13.2 Å². The first kappa shape index (κ1) is 13.0. The number of aliphatic hydroxyl groups is 1. The molecule has 0 aromatic heterocycles. The lowest BCUT2D eigenvalue weighted by molar-refractivity contribution is 0.213. The minimum absolute atomic E-state index is 0.113. The van der Waals surface area contributed by atoms with Crippen LogP contribution in [0, 0.1) is 11.3 Å². The molecule has 1 unspecified atom stereocenters. The van der Waals surface area contributed by atoms with Crippen molar-refractivity contribution >= 4 is 10.0 Å². The van der Waals surface area contributed by atoms with Gasteiger partial charge in [0.05, 0.1) is 23.1 Å². The second-order valence-electron chi connectivity index (χ2n) is 4.23. The fourth-order valence-corrected chi connectivity index (χ4v) is 3.90. The van der Waals surface area contributed by atoms with E-state index in [-0.39, 0.29) is 17.5 Å². The molecule has 0 bridgehead atoms. The Hall–Kier alpha value is -1.42. The zero-order chi connectivity index (χ0) is 13.2. The molecule has 1 aliphatic rings. The van der Waals surface area contributed by atoms with Gasteiger partial charge in [-0.2, -0.15) is 9.57 Å². The van der Waals surface area contributed by atoms with Gasteiger partial charge in [-0.25, -0.2) is 8.42 Å². The van der Waals surface area contributed by atoms with E-state index in [1.165, 1.54) is 16.4 Å². The predicted molar refractivity (Wildman–Crippen MR) is 65.2 cm³/mol. The van der Waals surface area contributed by atoms with E-state index < -0.39 is 10.0 Å². The highest BCUT2D eigenvalue weighted by atomic mass is 32.2. The molecule has 2 rings (SSSR count). The highest BCUT2D eigenvalue weighted by molar-refractivity contribution is 7.89.